The zero-order valence-corrected chi connectivity index (χ0v) is 15.8. The van der Waals surface area contributed by atoms with Crippen LogP contribution in [0.15, 0.2) is 61.3 Å². The summed E-state index contributed by atoms with van der Waals surface area (Å²) in [5, 5.41) is 13.0. The fourth-order valence-electron chi connectivity index (χ4n) is 2.89. The quantitative estimate of drug-likeness (QED) is 0.422. The van der Waals surface area contributed by atoms with Crippen molar-refractivity contribution in [2.75, 3.05) is 24.3 Å². The number of aromatic amines is 1. The summed E-state index contributed by atoms with van der Waals surface area (Å²) in [5.74, 6) is 2.81. The monoisotopic (exact) mass is 388 g/mol. The van der Waals surface area contributed by atoms with Gasteiger partial charge in [-0.25, -0.2) is 20.1 Å². The molecule has 4 rings (SSSR count). The highest BCUT2D eigenvalue weighted by atomic mass is 16.5. The molecule has 0 aliphatic carbocycles. The number of aromatic nitrogens is 6. The van der Waals surface area contributed by atoms with E-state index in [-0.39, 0.29) is 0 Å². The van der Waals surface area contributed by atoms with Crippen LogP contribution in [-0.2, 0) is 6.42 Å². The molecule has 1 aromatic carbocycles. The predicted octanol–water partition coefficient (Wildman–Crippen LogP) is 3.06. The van der Waals surface area contributed by atoms with E-state index in [4.69, 9.17) is 4.74 Å². The van der Waals surface area contributed by atoms with Gasteiger partial charge in [-0.1, -0.05) is 18.2 Å². The Morgan fingerprint density at radius 1 is 0.966 bits per heavy atom. The summed E-state index contributed by atoms with van der Waals surface area (Å²) < 4.78 is 5.40. The number of ether oxygens (including phenoxy) is 1. The van der Waals surface area contributed by atoms with Crippen LogP contribution in [0.25, 0.3) is 11.3 Å². The van der Waals surface area contributed by atoms with Gasteiger partial charge in [0, 0.05) is 24.4 Å². The van der Waals surface area contributed by atoms with Crippen LogP contribution >= 0.6 is 0 Å². The number of pyridine rings is 1. The summed E-state index contributed by atoms with van der Waals surface area (Å²) in [6.45, 7) is 0.728. The number of rotatable bonds is 8. The average Bonchev–Trinajstić information content (AvgIpc) is 3.27. The van der Waals surface area contributed by atoms with Crippen molar-refractivity contribution in [3.63, 3.8) is 0 Å². The summed E-state index contributed by atoms with van der Waals surface area (Å²) in [4.78, 5) is 17.0. The maximum atomic E-state index is 5.40. The van der Waals surface area contributed by atoms with Crippen LogP contribution in [0, 0.1) is 0 Å². The molecule has 4 aromatic rings. The van der Waals surface area contributed by atoms with Gasteiger partial charge in [-0.05, 0) is 30.2 Å². The number of hydrogen-bond donors (Lipinski definition) is 3. The third-order valence-electron chi connectivity index (χ3n) is 4.28. The highest BCUT2D eigenvalue weighted by molar-refractivity contribution is 5.66. The molecule has 0 atom stereocenters. The Labute approximate surface area is 167 Å². The van der Waals surface area contributed by atoms with E-state index >= 15 is 0 Å². The van der Waals surface area contributed by atoms with E-state index in [0.717, 1.165) is 41.4 Å². The van der Waals surface area contributed by atoms with Crippen molar-refractivity contribution >= 4 is 17.6 Å². The van der Waals surface area contributed by atoms with Crippen LogP contribution < -0.4 is 15.4 Å². The summed E-state index contributed by atoms with van der Waals surface area (Å²) in [7, 11) is 1.68. The van der Waals surface area contributed by atoms with Gasteiger partial charge in [-0.3, -0.25) is 0 Å². The highest BCUT2D eigenvalue weighted by Crippen LogP contribution is 2.22. The second kappa shape index (κ2) is 8.79. The molecule has 0 saturated carbocycles. The first-order valence-corrected chi connectivity index (χ1v) is 9.08. The van der Waals surface area contributed by atoms with Crippen LogP contribution in [0.2, 0.25) is 0 Å². The van der Waals surface area contributed by atoms with Crippen molar-refractivity contribution in [3.8, 4) is 17.0 Å². The second-order valence-corrected chi connectivity index (χ2v) is 6.17. The average molecular weight is 388 g/mol. The van der Waals surface area contributed by atoms with Crippen molar-refractivity contribution in [1.29, 1.82) is 0 Å². The molecule has 0 amide bonds. The molecule has 0 aliphatic heterocycles. The van der Waals surface area contributed by atoms with Gasteiger partial charge >= 0.3 is 0 Å². The van der Waals surface area contributed by atoms with Crippen LogP contribution in [0.4, 0.5) is 17.6 Å². The van der Waals surface area contributed by atoms with Crippen molar-refractivity contribution in [2.45, 2.75) is 6.42 Å². The smallest absolute Gasteiger partial charge is 0.224 e. The van der Waals surface area contributed by atoms with E-state index < -0.39 is 0 Å². The van der Waals surface area contributed by atoms with Crippen molar-refractivity contribution in [3.05, 3.63) is 66.9 Å². The normalized spacial score (nSPS) is 10.5. The molecule has 0 saturated heterocycles. The first-order chi connectivity index (χ1) is 14.3. The van der Waals surface area contributed by atoms with Gasteiger partial charge in [-0.15, -0.1) is 0 Å². The van der Waals surface area contributed by atoms with E-state index in [1.54, 1.807) is 19.6 Å². The lowest BCUT2D eigenvalue weighted by molar-refractivity contribution is 0.410. The van der Waals surface area contributed by atoms with Crippen LogP contribution in [0.5, 0.6) is 5.75 Å². The topological polar surface area (TPSA) is 114 Å². The SMILES string of the molecule is COc1ccccc1CCNc1cc(-c2ccnc(Nc3ncn[nH]3)c2)ncn1. The molecule has 0 aliphatic rings. The van der Waals surface area contributed by atoms with Gasteiger partial charge in [0.15, 0.2) is 0 Å². The predicted molar refractivity (Wildman–Crippen MR) is 110 cm³/mol. The molecule has 0 bridgehead atoms. The number of nitrogens with one attached hydrogen (secondary N) is 3. The minimum atomic E-state index is 0.524. The molecule has 0 radical (unpaired) electrons. The second-order valence-electron chi connectivity index (χ2n) is 6.17. The Morgan fingerprint density at radius 3 is 2.76 bits per heavy atom. The molecule has 0 unspecified atom stereocenters. The van der Waals surface area contributed by atoms with Gasteiger partial charge in [0.2, 0.25) is 5.95 Å². The number of para-hydroxylation sites is 1. The molecular weight excluding hydrogens is 368 g/mol. The molecule has 0 fully saturated rings. The van der Waals surface area contributed by atoms with E-state index in [9.17, 15) is 0 Å². The molecule has 3 heterocycles. The van der Waals surface area contributed by atoms with E-state index in [0.29, 0.717) is 11.8 Å². The van der Waals surface area contributed by atoms with Gasteiger partial charge in [-0.2, -0.15) is 10.1 Å². The van der Waals surface area contributed by atoms with Crippen molar-refractivity contribution in [2.24, 2.45) is 0 Å². The van der Waals surface area contributed by atoms with Gasteiger partial charge < -0.3 is 15.4 Å². The largest absolute Gasteiger partial charge is 0.496 e. The number of benzene rings is 1. The van der Waals surface area contributed by atoms with E-state index in [1.165, 1.54) is 6.33 Å². The first-order valence-electron chi connectivity index (χ1n) is 9.08. The van der Waals surface area contributed by atoms with Crippen LogP contribution in [-0.4, -0.2) is 43.8 Å². The van der Waals surface area contributed by atoms with Gasteiger partial charge in [0.25, 0.3) is 0 Å². The maximum Gasteiger partial charge on any atom is 0.224 e. The first kappa shape index (κ1) is 18.4. The number of anilines is 3. The lowest BCUT2D eigenvalue weighted by atomic mass is 10.1. The molecule has 3 N–H and O–H groups in total. The summed E-state index contributed by atoms with van der Waals surface area (Å²) in [6, 6.07) is 13.7. The van der Waals surface area contributed by atoms with Crippen molar-refractivity contribution < 1.29 is 4.74 Å². The Hall–Kier alpha value is -4.01. The van der Waals surface area contributed by atoms with Crippen LogP contribution in [0.3, 0.4) is 0 Å². The molecule has 29 heavy (non-hydrogen) atoms. The Balaban J connectivity index is 1.43. The summed E-state index contributed by atoms with van der Waals surface area (Å²) in [5.41, 5.74) is 2.86. The van der Waals surface area contributed by atoms with Crippen LogP contribution in [0.1, 0.15) is 5.56 Å². The minimum Gasteiger partial charge on any atom is -0.496 e. The zero-order chi connectivity index (χ0) is 19.9. The summed E-state index contributed by atoms with van der Waals surface area (Å²) >= 11 is 0. The molecule has 0 spiro atoms. The molecular formula is C20H20N8O. The lowest BCUT2D eigenvalue weighted by Crippen LogP contribution is -2.07. The summed E-state index contributed by atoms with van der Waals surface area (Å²) in [6.07, 6.45) is 5.51. The molecule has 9 heteroatoms. The molecule has 146 valence electrons. The minimum absolute atomic E-state index is 0.524. The van der Waals surface area contributed by atoms with Crippen molar-refractivity contribution in [1.82, 2.24) is 30.1 Å². The number of nitrogens with zero attached hydrogens (tertiary/aromatic N) is 5. The third kappa shape index (κ3) is 4.64. The van der Waals surface area contributed by atoms with Gasteiger partial charge in [0.05, 0.1) is 12.8 Å². The van der Waals surface area contributed by atoms with Gasteiger partial charge in [0.1, 0.15) is 30.0 Å². The number of H-pyrrole nitrogens is 1. The fourth-order valence-corrected chi connectivity index (χ4v) is 2.89. The zero-order valence-electron chi connectivity index (χ0n) is 15.8. The van der Waals surface area contributed by atoms with E-state index in [1.807, 2.05) is 36.4 Å². The van der Waals surface area contributed by atoms with E-state index in [2.05, 4.69) is 46.8 Å². The lowest BCUT2D eigenvalue weighted by Gasteiger charge is -2.10. The molecule has 9 nitrogen and oxygen atoms in total. The Kier molecular flexibility index (Phi) is 5.56. The maximum absolute atomic E-state index is 5.40. The highest BCUT2D eigenvalue weighted by Gasteiger charge is 2.06. The Morgan fingerprint density at radius 2 is 1.90 bits per heavy atom. The third-order valence-corrected chi connectivity index (χ3v) is 4.28. The fraction of sp³-hybridized carbons (Fsp3) is 0.150. The molecule has 3 aromatic heterocycles. The number of hydrogen-bond acceptors (Lipinski definition) is 8. The standard InChI is InChI=1S/C20H20N8O/c1-29-17-5-3-2-4-14(17)6-8-21-18-11-16(23-12-24-18)15-7-9-22-19(10-15)27-20-25-13-26-28-20/h2-5,7,9-13H,6,8H2,1H3,(H,21,23,24)(H2,22,25,26,27,28). The number of methoxy groups -OCH3 is 1. The Bertz CT molecular complexity index is 1070.